The van der Waals surface area contributed by atoms with Crippen LogP contribution in [0, 0.1) is 0 Å². The first kappa shape index (κ1) is 24.9. The highest BCUT2D eigenvalue weighted by Crippen LogP contribution is 2.50. The van der Waals surface area contributed by atoms with Crippen LogP contribution in [0.15, 0.2) is 22.7 Å². The van der Waals surface area contributed by atoms with E-state index in [1.54, 1.807) is 0 Å². The lowest BCUT2D eigenvalue weighted by molar-refractivity contribution is -0.292. The van der Waals surface area contributed by atoms with E-state index in [1.807, 2.05) is 0 Å². The van der Waals surface area contributed by atoms with Crippen molar-refractivity contribution in [2.24, 2.45) is 7.05 Å². The molecule has 16 heteroatoms. The lowest BCUT2D eigenvalue weighted by Crippen LogP contribution is -2.36. The predicted molar refractivity (Wildman–Crippen MR) is 102 cm³/mol. The minimum absolute atomic E-state index is 0.000522. The summed E-state index contributed by atoms with van der Waals surface area (Å²) in [6.45, 7) is 0. The van der Waals surface area contributed by atoms with Gasteiger partial charge in [-0.15, -0.1) is 0 Å². The number of nitrogens with one attached hydrogen (secondary N) is 1. The lowest BCUT2D eigenvalue weighted by atomic mass is 10.1. The second-order valence-corrected chi connectivity index (χ2v) is 8.04. The first-order valence-electron chi connectivity index (χ1n) is 9.65. The van der Waals surface area contributed by atoms with Gasteiger partial charge in [-0.05, 0) is 31.0 Å². The summed E-state index contributed by atoms with van der Waals surface area (Å²) in [6.07, 6.45) is -10.4. The third-order valence-corrected chi connectivity index (χ3v) is 5.32. The lowest BCUT2D eigenvalue weighted by Gasteiger charge is -2.19. The van der Waals surface area contributed by atoms with E-state index in [0.717, 1.165) is 19.9 Å². The molecular weight excluding hydrogens is 518 g/mol. The highest BCUT2D eigenvalue weighted by molar-refractivity contribution is 6.34. The topological polar surface area (TPSA) is 85.8 Å². The van der Waals surface area contributed by atoms with Crippen LogP contribution in [-0.4, -0.2) is 38.0 Å². The maximum absolute atomic E-state index is 13.9. The highest BCUT2D eigenvalue weighted by atomic mass is 35.5. The first-order chi connectivity index (χ1) is 16.1. The van der Waals surface area contributed by atoms with Crippen molar-refractivity contribution < 1.29 is 44.4 Å². The summed E-state index contributed by atoms with van der Waals surface area (Å²) in [4.78, 5) is 16.0. The van der Waals surface area contributed by atoms with E-state index in [0.29, 0.717) is 0 Å². The maximum atomic E-state index is 13.9. The third kappa shape index (κ3) is 4.56. The van der Waals surface area contributed by atoms with Crippen LogP contribution in [0.4, 0.5) is 35.1 Å². The fourth-order valence-electron chi connectivity index (χ4n) is 3.16. The van der Waals surface area contributed by atoms with Crippen molar-refractivity contribution in [2.75, 3.05) is 0 Å². The number of halogens is 9. The smallest absolute Gasteiger partial charge is 0.349 e. The number of amides is 1. The number of hydrogen-bond donors (Lipinski definition) is 1. The van der Waals surface area contributed by atoms with Crippen LogP contribution >= 0.6 is 11.6 Å². The van der Waals surface area contributed by atoms with Crippen LogP contribution in [-0.2, 0) is 19.1 Å². The summed E-state index contributed by atoms with van der Waals surface area (Å²) in [7, 11) is 0.721. The van der Waals surface area contributed by atoms with Crippen molar-refractivity contribution in [2.45, 2.75) is 37.2 Å². The number of carbonyl (C=O) groups is 1. The zero-order valence-corrected chi connectivity index (χ0v) is 18.0. The molecule has 1 aliphatic rings. The van der Waals surface area contributed by atoms with Crippen molar-refractivity contribution in [3.8, 4) is 23.0 Å². The van der Waals surface area contributed by atoms with E-state index in [2.05, 4.69) is 20.6 Å². The molecule has 1 aromatic carbocycles. The van der Waals surface area contributed by atoms with Crippen LogP contribution < -0.4 is 5.32 Å². The molecule has 0 spiro atoms. The molecule has 3 aromatic rings. The first-order valence-corrected chi connectivity index (χ1v) is 10.0. The van der Waals surface area contributed by atoms with Gasteiger partial charge in [0.2, 0.25) is 5.82 Å². The van der Waals surface area contributed by atoms with Gasteiger partial charge in [0.25, 0.3) is 11.8 Å². The maximum Gasteiger partial charge on any atom is 0.459 e. The van der Waals surface area contributed by atoms with Crippen molar-refractivity contribution in [3.63, 3.8) is 0 Å². The van der Waals surface area contributed by atoms with Gasteiger partial charge in [-0.3, -0.25) is 9.48 Å². The van der Waals surface area contributed by atoms with Crippen LogP contribution in [0.2, 0.25) is 5.02 Å². The Morgan fingerprint density at radius 3 is 2.37 bits per heavy atom. The summed E-state index contributed by atoms with van der Waals surface area (Å²) in [5.74, 6) is -7.84. The minimum Gasteiger partial charge on any atom is -0.349 e. The fourth-order valence-corrected chi connectivity index (χ4v) is 3.37. The Morgan fingerprint density at radius 2 is 1.80 bits per heavy atom. The molecule has 0 saturated heterocycles. The number of hydrogen-bond acceptors (Lipinski definition) is 5. The number of aryl methyl sites for hydroxylation is 1. The molecule has 0 radical (unpaired) electrons. The number of nitrogens with zero attached hydrogens (tertiary/aromatic N) is 4. The van der Waals surface area contributed by atoms with E-state index < -0.39 is 52.8 Å². The Bertz CT molecular complexity index is 1290. The normalized spacial score (nSPS) is 14.9. The highest BCUT2D eigenvalue weighted by Gasteiger charge is 2.64. The Balaban J connectivity index is 1.79. The van der Waals surface area contributed by atoms with Gasteiger partial charge in [0.1, 0.15) is 11.3 Å². The van der Waals surface area contributed by atoms with Gasteiger partial charge < -0.3 is 9.84 Å². The fraction of sp³-hybridized carbons (Fsp3) is 0.368. The van der Waals surface area contributed by atoms with Crippen molar-refractivity contribution in [1.82, 2.24) is 25.2 Å². The molecule has 1 fully saturated rings. The van der Waals surface area contributed by atoms with Gasteiger partial charge in [0.15, 0.2) is 5.69 Å². The molecule has 4 rings (SSSR count). The number of rotatable bonds is 5. The summed E-state index contributed by atoms with van der Waals surface area (Å²) < 4.78 is 112. The average Bonchev–Trinajstić information content (AvgIpc) is 3.27. The average molecular weight is 530 g/mol. The Labute approximate surface area is 195 Å². The molecule has 1 N–H and O–H groups in total. The van der Waals surface area contributed by atoms with Crippen molar-refractivity contribution >= 4 is 17.5 Å². The molecule has 0 atom stereocenters. The summed E-state index contributed by atoms with van der Waals surface area (Å²) in [5.41, 5.74) is -6.15. The summed E-state index contributed by atoms with van der Waals surface area (Å²) in [5, 5.41) is 8.84. The Kier molecular flexibility index (Phi) is 5.81. The molecule has 2 aromatic heterocycles. The zero-order valence-electron chi connectivity index (χ0n) is 17.2. The molecule has 0 aliphatic heterocycles. The van der Waals surface area contributed by atoms with Crippen LogP contribution in [0.25, 0.3) is 23.0 Å². The monoisotopic (exact) mass is 529 g/mol. The van der Waals surface area contributed by atoms with Crippen LogP contribution in [0.3, 0.4) is 0 Å². The zero-order chi connectivity index (χ0) is 25.9. The third-order valence-electron chi connectivity index (χ3n) is 4.99. The van der Waals surface area contributed by atoms with Gasteiger partial charge in [-0.25, -0.2) is 0 Å². The van der Waals surface area contributed by atoms with Crippen LogP contribution in [0.1, 0.15) is 34.5 Å². The SMILES string of the molecule is Cn1nc(C(F)(F)C(F)(F)F)c(C(F)(F)F)c1-c1noc(-c2ccc(Cl)c(C(=O)NC3CC3)c2)n1. The van der Waals surface area contributed by atoms with E-state index in [9.17, 15) is 39.9 Å². The predicted octanol–water partition coefficient (Wildman–Crippen LogP) is 5.36. The molecule has 1 aliphatic carbocycles. The van der Waals surface area contributed by atoms with E-state index in [-0.39, 0.29) is 26.9 Å². The molecule has 35 heavy (non-hydrogen) atoms. The van der Waals surface area contributed by atoms with E-state index >= 15 is 0 Å². The standard InChI is InChI=1S/C19H12ClF8N5O2/c1-33-12(11(18(23,24)25)13(31-33)17(21,22)19(26,27)28)14-30-16(35-32-14)7-2-5-10(20)9(6-7)15(34)29-8-3-4-8/h2,5-6,8H,3-4H2,1H3,(H,29,34). The number of carbonyl (C=O) groups excluding carboxylic acids is 1. The number of benzene rings is 1. The molecule has 0 bridgehead atoms. The second-order valence-electron chi connectivity index (χ2n) is 7.63. The number of alkyl halides is 8. The van der Waals surface area contributed by atoms with Crippen molar-refractivity contribution in [3.05, 3.63) is 40.0 Å². The van der Waals surface area contributed by atoms with Crippen LogP contribution in [0.5, 0.6) is 0 Å². The molecule has 1 amide bonds. The largest absolute Gasteiger partial charge is 0.459 e. The Hall–Kier alpha value is -3.23. The minimum atomic E-state index is -6.35. The summed E-state index contributed by atoms with van der Waals surface area (Å²) >= 11 is 6.03. The van der Waals surface area contributed by atoms with Gasteiger partial charge in [-0.2, -0.15) is 45.2 Å². The van der Waals surface area contributed by atoms with Gasteiger partial charge >= 0.3 is 18.3 Å². The Morgan fingerprint density at radius 1 is 1.14 bits per heavy atom. The number of aromatic nitrogens is 4. The van der Waals surface area contributed by atoms with E-state index in [4.69, 9.17) is 16.1 Å². The van der Waals surface area contributed by atoms with Gasteiger partial charge in [-0.1, -0.05) is 16.8 Å². The molecule has 1 saturated carbocycles. The molecule has 188 valence electrons. The van der Waals surface area contributed by atoms with E-state index in [1.165, 1.54) is 18.2 Å². The summed E-state index contributed by atoms with van der Waals surface area (Å²) in [6, 6.07) is 3.79. The van der Waals surface area contributed by atoms with Gasteiger partial charge in [0.05, 0.1) is 10.6 Å². The van der Waals surface area contributed by atoms with Gasteiger partial charge in [0, 0.05) is 18.7 Å². The molecule has 2 heterocycles. The molecular formula is C19H12ClF8N5O2. The second kappa shape index (κ2) is 8.17. The van der Waals surface area contributed by atoms with Crippen molar-refractivity contribution in [1.29, 1.82) is 0 Å². The molecule has 0 unspecified atom stereocenters. The quantitative estimate of drug-likeness (QED) is 0.450. The molecule has 7 nitrogen and oxygen atoms in total.